The van der Waals surface area contributed by atoms with Crippen LogP contribution in [0.4, 0.5) is 4.39 Å². The zero-order valence-electron chi connectivity index (χ0n) is 10.4. The normalized spacial score (nSPS) is 28.5. The lowest BCUT2D eigenvalue weighted by atomic mass is 9.64. The second-order valence-corrected chi connectivity index (χ2v) is 5.42. The summed E-state index contributed by atoms with van der Waals surface area (Å²) < 4.78 is 12.7. The Morgan fingerprint density at radius 3 is 2.71 bits per heavy atom. The predicted molar refractivity (Wildman–Crippen MR) is 63.9 cm³/mol. The first-order valence-corrected chi connectivity index (χ1v) is 5.97. The highest BCUT2D eigenvalue weighted by molar-refractivity contribution is 5.11. The third-order valence-corrected chi connectivity index (χ3v) is 3.86. The summed E-state index contributed by atoms with van der Waals surface area (Å²) in [4.78, 5) is 4.06. The van der Waals surface area contributed by atoms with E-state index in [2.05, 4.69) is 10.3 Å². The third-order valence-electron chi connectivity index (χ3n) is 3.86. The Morgan fingerprint density at radius 1 is 1.53 bits per heavy atom. The van der Waals surface area contributed by atoms with Crippen LogP contribution in [0, 0.1) is 11.2 Å². The van der Waals surface area contributed by atoms with Crippen molar-refractivity contribution in [2.45, 2.75) is 45.4 Å². The number of halogens is 1. The second-order valence-electron chi connectivity index (χ2n) is 5.42. The summed E-state index contributed by atoms with van der Waals surface area (Å²) in [6.07, 6.45) is 1.75. The molecule has 0 bridgehead atoms. The molecule has 2 N–H and O–H groups in total. The summed E-state index contributed by atoms with van der Waals surface area (Å²) in [6.45, 7) is 6.09. The summed E-state index contributed by atoms with van der Waals surface area (Å²) in [5.41, 5.74) is 0.720. The number of rotatable bonds is 3. The van der Waals surface area contributed by atoms with Crippen molar-refractivity contribution < 1.29 is 9.50 Å². The van der Waals surface area contributed by atoms with Gasteiger partial charge in [-0.15, -0.1) is 0 Å². The first-order valence-electron chi connectivity index (χ1n) is 5.97. The van der Waals surface area contributed by atoms with E-state index < -0.39 is 0 Å². The van der Waals surface area contributed by atoms with Crippen molar-refractivity contribution in [1.82, 2.24) is 10.3 Å². The number of pyridine rings is 1. The van der Waals surface area contributed by atoms with Gasteiger partial charge in [-0.05, 0) is 25.5 Å². The Balaban J connectivity index is 1.98. The van der Waals surface area contributed by atoms with Crippen LogP contribution in [0.1, 0.15) is 38.9 Å². The van der Waals surface area contributed by atoms with Crippen LogP contribution < -0.4 is 5.32 Å². The second kappa shape index (κ2) is 4.35. The van der Waals surface area contributed by atoms with Crippen molar-refractivity contribution in [3.05, 3.63) is 29.8 Å². The Bertz CT molecular complexity index is 391. The molecular formula is C13H19FN2O. The van der Waals surface area contributed by atoms with E-state index in [-0.39, 0.29) is 29.4 Å². The minimum Gasteiger partial charge on any atom is -0.392 e. The number of nitrogens with zero attached hydrogens (tertiary/aromatic N) is 1. The lowest BCUT2D eigenvalue weighted by Crippen LogP contribution is -2.60. The first-order chi connectivity index (χ1) is 7.91. The van der Waals surface area contributed by atoms with Crippen molar-refractivity contribution in [2.75, 3.05) is 0 Å². The van der Waals surface area contributed by atoms with Crippen molar-refractivity contribution >= 4 is 0 Å². The molecule has 0 spiro atoms. The van der Waals surface area contributed by atoms with Crippen LogP contribution in [-0.4, -0.2) is 22.2 Å². The molecule has 1 fully saturated rings. The van der Waals surface area contributed by atoms with Crippen LogP contribution in [-0.2, 0) is 0 Å². The van der Waals surface area contributed by atoms with Crippen LogP contribution in [0.25, 0.3) is 0 Å². The maximum Gasteiger partial charge on any atom is 0.141 e. The monoisotopic (exact) mass is 238 g/mol. The highest BCUT2D eigenvalue weighted by atomic mass is 19.1. The molecule has 1 aliphatic carbocycles. The summed E-state index contributed by atoms with van der Waals surface area (Å²) in [7, 11) is 0. The van der Waals surface area contributed by atoms with Gasteiger partial charge in [-0.1, -0.05) is 13.8 Å². The van der Waals surface area contributed by atoms with Gasteiger partial charge in [0, 0.05) is 17.5 Å². The van der Waals surface area contributed by atoms with E-state index >= 15 is 0 Å². The smallest absolute Gasteiger partial charge is 0.141 e. The van der Waals surface area contributed by atoms with E-state index in [1.54, 1.807) is 6.07 Å². The molecule has 1 saturated carbocycles. The summed E-state index contributed by atoms with van der Waals surface area (Å²) >= 11 is 0. The molecule has 1 aromatic heterocycles. The van der Waals surface area contributed by atoms with E-state index in [1.165, 1.54) is 12.3 Å². The van der Waals surface area contributed by atoms with Gasteiger partial charge >= 0.3 is 0 Å². The van der Waals surface area contributed by atoms with E-state index in [9.17, 15) is 9.50 Å². The number of hydrogen-bond acceptors (Lipinski definition) is 3. The molecule has 0 amide bonds. The van der Waals surface area contributed by atoms with Crippen LogP contribution in [0.3, 0.4) is 0 Å². The molecule has 3 nitrogen and oxygen atoms in total. The Morgan fingerprint density at radius 2 is 2.24 bits per heavy atom. The van der Waals surface area contributed by atoms with Crippen molar-refractivity contribution in [3.8, 4) is 0 Å². The molecule has 3 unspecified atom stereocenters. The predicted octanol–water partition coefficient (Wildman–Crippen LogP) is 2.03. The number of aliphatic hydroxyl groups is 1. The topological polar surface area (TPSA) is 45.1 Å². The minimum absolute atomic E-state index is 0.0624. The van der Waals surface area contributed by atoms with Gasteiger partial charge in [0.1, 0.15) is 5.82 Å². The lowest BCUT2D eigenvalue weighted by Gasteiger charge is -2.50. The lowest BCUT2D eigenvalue weighted by molar-refractivity contribution is -0.0756. The largest absolute Gasteiger partial charge is 0.392 e. The Labute approximate surface area is 101 Å². The molecule has 2 rings (SSSR count). The average molecular weight is 238 g/mol. The highest BCUT2D eigenvalue weighted by Gasteiger charge is 2.47. The highest BCUT2D eigenvalue weighted by Crippen LogP contribution is 2.41. The fraction of sp³-hybridized carbons (Fsp3) is 0.615. The molecule has 1 aromatic rings. The molecule has 0 aliphatic heterocycles. The fourth-order valence-corrected chi connectivity index (χ4v) is 2.22. The van der Waals surface area contributed by atoms with Crippen LogP contribution in [0.15, 0.2) is 18.3 Å². The Hall–Kier alpha value is -1.00. The third kappa shape index (κ3) is 2.33. The van der Waals surface area contributed by atoms with Gasteiger partial charge < -0.3 is 10.4 Å². The number of nitrogens with one attached hydrogen (secondary N) is 1. The zero-order valence-corrected chi connectivity index (χ0v) is 10.4. The van der Waals surface area contributed by atoms with Gasteiger partial charge in [0.05, 0.1) is 18.0 Å². The molecule has 1 aliphatic rings. The number of aliphatic hydroxyl groups excluding tert-OH is 1. The molecule has 0 radical (unpaired) electrons. The van der Waals surface area contributed by atoms with Crippen LogP contribution in [0.5, 0.6) is 0 Å². The fourth-order valence-electron chi connectivity index (χ4n) is 2.22. The maximum absolute atomic E-state index is 12.7. The van der Waals surface area contributed by atoms with Gasteiger partial charge in [0.2, 0.25) is 0 Å². The standard InChI is InChI=1S/C13H19FN2O/c1-8(10-5-4-9(14)7-15-10)16-11-6-12(17)13(11,2)3/h4-5,7-8,11-12,16-17H,6H2,1-3H3. The van der Waals surface area contributed by atoms with E-state index in [4.69, 9.17) is 0 Å². The summed E-state index contributed by atoms with van der Waals surface area (Å²) in [5, 5.41) is 13.1. The van der Waals surface area contributed by atoms with Gasteiger partial charge in [0.15, 0.2) is 0 Å². The van der Waals surface area contributed by atoms with Crippen LogP contribution in [0.2, 0.25) is 0 Å². The minimum atomic E-state index is -0.319. The van der Waals surface area contributed by atoms with Crippen molar-refractivity contribution in [1.29, 1.82) is 0 Å². The van der Waals surface area contributed by atoms with Gasteiger partial charge in [-0.3, -0.25) is 4.98 Å². The number of aromatic nitrogens is 1. The molecule has 0 saturated heterocycles. The van der Waals surface area contributed by atoms with E-state index in [1.807, 2.05) is 20.8 Å². The average Bonchev–Trinajstić information content (AvgIpc) is 2.29. The van der Waals surface area contributed by atoms with E-state index in [0.29, 0.717) is 0 Å². The quantitative estimate of drug-likeness (QED) is 0.847. The molecule has 94 valence electrons. The first kappa shape index (κ1) is 12.5. The number of hydrogen-bond donors (Lipinski definition) is 2. The Kier molecular flexibility index (Phi) is 3.19. The molecular weight excluding hydrogens is 219 g/mol. The van der Waals surface area contributed by atoms with E-state index in [0.717, 1.165) is 12.1 Å². The molecule has 17 heavy (non-hydrogen) atoms. The van der Waals surface area contributed by atoms with Crippen molar-refractivity contribution in [3.63, 3.8) is 0 Å². The van der Waals surface area contributed by atoms with Gasteiger partial charge in [-0.25, -0.2) is 4.39 Å². The SMILES string of the molecule is CC(NC1CC(O)C1(C)C)c1ccc(F)cn1. The zero-order chi connectivity index (χ0) is 12.6. The van der Waals surface area contributed by atoms with Crippen LogP contribution >= 0.6 is 0 Å². The van der Waals surface area contributed by atoms with Crippen molar-refractivity contribution in [2.24, 2.45) is 5.41 Å². The molecule has 4 heteroatoms. The van der Waals surface area contributed by atoms with Gasteiger partial charge in [-0.2, -0.15) is 0 Å². The summed E-state index contributed by atoms with van der Waals surface area (Å²) in [6, 6.07) is 3.45. The molecule has 3 atom stereocenters. The molecule has 1 heterocycles. The maximum atomic E-state index is 12.7. The summed E-state index contributed by atoms with van der Waals surface area (Å²) in [5.74, 6) is -0.319. The van der Waals surface area contributed by atoms with Gasteiger partial charge in [0.25, 0.3) is 0 Å². The molecule has 0 aromatic carbocycles.